The number of rotatable bonds is 5. The maximum Gasteiger partial charge on any atom is 0.174 e. The number of hydrogen-bond acceptors (Lipinski definition) is 3. The molecule has 0 amide bonds. The van der Waals surface area contributed by atoms with Crippen LogP contribution in [0, 0.1) is 12.7 Å². The molecule has 2 fully saturated rings. The van der Waals surface area contributed by atoms with E-state index < -0.39 is 0 Å². The number of aromatic nitrogens is 2. The van der Waals surface area contributed by atoms with Crippen molar-refractivity contribution in [1.82, 2.24) is 14.9 Å². The number of anilines is 1. The van der Waals surface area contributed by atoms with Crippen LogP contribution in [0.2, 0.25) is 0 Å². The van der Waals surface area contributed by atoms with Gasteiger partial charge in [-0.15, -0.1) is 0 Å². The van der Waals surface area contributed by atoms with Crippen molar-refractivity contribution in [2.75, 3.05) is 11.5 Å². The topological polar surface area (TPSA) is 42.3 Å². The van der Waals surface area contributed by atoms with Gasteiger partial charge < -0.3 is 19.5 Å². The monoisotopic (exact) mass is 436 g/mol. The summed E-state index contributed by atoms with van der Waals surface area (Å²) in [7, 11) is 0. The van der Waals surface area contributed by atoms with Crippen LogP contribution in [0.5, 0.6) is 0 Å². The van der Waals surface area contributed by atoms with E-state index in [2.05, 4.69) is 38.1 Å². The van der Waals surface area contributed by atoms with Crippen LogP contribution in [0.1, 0.15) is 41.9 Å². The molecular formula is C24H25FN4OS. The number of benzene rings is 1. The quantitative estimate of drug-likeness (QED) is 0.588. The second-order valence-electron chi connectivity index (χ2n) is 8.15. The average molecular weight is 437 g/mol. The van der Waals surface area contributed by atoms with Crippen molar-refractivity contribution in [2.45, 2.75) is 44.5 Å². The maximum atomic E-state index is 14.0. The second-order valence-corrected chi connectivity index (χ2v) is 8.54. The largest absolute Gasteiger partial charge is 0.376 e. The minimum absolute atomic E-state index is 0.122. The predicted octanol–water partition coefficient (Wildman–Crippen LogP) is 4.69. The number of nitrogens with one attached hydrogen (secondary N) is 1. The summed E-state index contributed by atoms with van der Waals surface area (Å²) in [6.45, 7) is 3.40. The third-order valence-electron chi connectivity index (χ3n) is 6.11. The van der Waals surface area contributed by atoms with E-state index in [1.54, 1.807) is 19.2 Å². The molecule has 0 aliphatic carbocycles. The molecule has 1 aromatic carbocycles. The van der Waals surface area contributed by atoms with Gasteiger partial charge in [0.2, 0.25) is 0 Å². The SMILES string of the molecule is Cc1cc(N2C(=S)NC(c3ccccn3)C2c2cccn2CC2CCCO2)ccc1F. The molecule has 2 aromatic heterocycles. The summed E-state index contributed by atoms with van der Waals surface area (Å²) >= 11 is 5.77. The van der Waals surface area contributed by atoms with Gasteiger partial charge in [-0.3, -0.25) is 4.98 Å². The summed E-state index contributed by atoms with van der Waals surface area (Å²) in [5.74, 6) is -0.221. The Balaban J connectivity index is 1.58. The molecule has 5 rings (SSSR count). The highest BCUT2D eigenvalue weighted by molar-refractivity contribution is 7.80. The normalized spacial score (nSPS) is 23.4. The van der Waals surface area contributed by atoms with Crippen molar-refractivity contribution in [2.24, 2.45) is 0 Å². The Morgan fingerprint density at radius 2 is 2.13 bits per heavy atom. The van der Waals surface area contributed by atoms with E-state index in [1.807, 2.05) is 24.3 Å². The molecule has 160 valence electrons. The summed E-state index contributed by atoms with van der Waals surface area (Å²) in [5.41, 5.74) is 3.50. The molecular weight excluding hydrogens is 411 g/mol. The molecule has 4 heterocycles. The van der Waals surface area contributed by atoms with Crippen LogP contribution < -0.4 is 10.2 Å². The fraction of sp³-hybridized carbons (Fsp3) is 0.333. The number of halogens is 1. The summed E-state index contributed by atoms with van der Waals surface area (Å²) < 4.78 is 22.1. The molecule has 0 bridgehead atoms. The molecule has 0 saturated carbocycles. The van der Waals surface area contributed by atoms with Crippen molar-refractivity contribution in [3.05, 3.63) is 83.7 Å². The number of nitrogens with zero attached hydrogens (tertiary/aromatic N) is 3. The van der Waals surface area contributed by atoms with E-state index >= 15 is 0 Å². The molecule has 7 heteroatoms. The Labute approximate surface area is 186 Å². The lowest BCUT2D eigenvalue weighted by atomic mass is 10.0. The van der Waals surface area contributed by atoms with E-state index in [4.69, 9.17) is 17.0 Å². The Kier molecular flexibility index (Phi) is 5.46. The van der Waals surface area contributed by atoms with E-state index in [-0.39, 0.29) is 24.0 Å². The highest BCUT2D eigenvalue weighted by Gasteiger charge is 2.42. The van der Waals surface area contributed by atoms with E-state index in [9.17, 15) is 4.39 Å². The van der Waals surface area contributed by atoms with Crippen LogP contribution in [0.3, 0.4) is 0 Å². The molecule has 2 aliphatic heterocycles. The second kappa shape index (κ2) is 8.40. The Morgan fingerprint density at radius 1 is 1.23 bits per heavy atom. The maximum absolute atomic E-state index is 14.0. The van der Waals surface area contributed by atoms with Crippen LogP contribution in [-0.2, 0) is 11.3 Å². The lowest BCUT2D eigenvalue weighted by Gasteiger charge is -2.29. The predicted molar refractivity (Wildman–Crippen MR) is 122 cm³/mol. The third kappa shape index (κ3) is 3.83. The van der Waals surface area contributed by atoms with Crippen LogP contribution in [0.4, 0.5) is 10.1 Å². The average Bonchev–Trinajstić information content (AvgIpc) is 3.52. The standard InChI is InChI=1S/C24H25FN4OS/c1-16-14-17(9-10-19(16)25)29-23(22(27-24(29)31)20-7-2-3-11-26-20)21-8-4-12-28(21)15-18-6-5-13-30-18/h2-4,7-12,14,18,22-23H,5-6,13,15H2,1H3,(H,27,31). The molecule has 2 saturated heterocycles. The lowest BCUT2D eigenvalue weighted by Crippen LogP contribution is -2.31. The van der Waals surface area contributed by atoms with Gasteiger partial charge in [0.25, 0.3) is 0 Å². The number of aryl methyl sites for hydroxylation is 1. The van der Waals surface area contributed by atoms with Crippen LogP contribution in [0.15, 0.2) is 60.9 Å². The van der Waals surface area contributed by atoms with Gasteiger partial charge >= 0.3 is 0 Å². The lowest BCUT2D eigenvalue weighted by molar-refractivity contribution is 0.0961. The highest BCUT2D eigenvalue weighted by Crippen LogP contribution is 2.42. The summed E-state index contributed by atoms with van der Waals surface area (Å²) in [6.07, 6.45) is 6.30. The van der Waals surface area contributed by atoms with Crippen LogP contribution >= 0.6 is 12.2 Å². The number of hydrogen-bond donors (Lipinski definition) is 1. The number of thiocarbonyl (C=S) groups is 1. The van der Waals surface area contributed by atoms with Crippen molar-refractivity contribution in [1.29, 1.82) is 0 Å². The van der Waals surface area contributed by atoms with Crippen molar-refractivity contribution in [3.63, 3.8) is 0 Å². The Hall–Kier alpha value is -2.77. The first-order chi connectivity index (χ1) is 15.1. The zero-order chi connectivity index (χ0) is 21.4. The first-order valence-corrected chi connectivity index (χ1v) is 11.1. The van der Waals surface area contributed by atoms with Gasteiger partial charge in [-0.2, -0.15) is 0 Å². The van der Waals surface area contributed by atoms with E-state index in [1.165, 1.54) is 6.07 Å². The highest BCUT2D eigenvalue weighted by atomic mass is 32.1. The molecule has 3 aromatic rings. The zero-order valence-electron chi connectivity index (χ0n) is 17.4. The number of ether oxygens (including phenoxy) is 1. The first-order valence-electron chi connectivity index (χ1n) is 10.7. The van der Waals surface area contributed by atoms with E-state index in [0.717, 1.165) is 43.1 Å². The molecule has 3 unspecified atom stereocenters. The van der Waals surface area contributed by atoms with Crippen LogP contribution in [-0.4, -0.2) is 27.4 Å². The molecule has 0 spiro atoms. The van der Waals surface area contributed by atoms with Gasteiger partial charge in [-0.25, -0.2) is 4.39 Å². The van der Waals surface area contributed by atoms with Crippen molar-refractivity contribution >= 4 is 23.0 Å². The smallest absolute Gasteiger partial charge is 0.174 e. The molecule has 3 atom stereocenters. The minimum atomic E-state index is -0.221. The van der Waals surface area contributed by atoms with Crippen LogP contribution in [0.25, 0.3) is 0 Å². The fourth-order valence-electron chi connectivity index (χ4n) is 4.58. The van der Waals surface area contributed by atoms with Crippen molar-refractivity contribution < 1.29 is 9.13 Å². The Morgan fingerprint density at radius 3 is 2.87 bits per heavy atom. The molecule has 5 nitrogen and oxygen atoms in total. The minimum Gasteiger partial charge on any atom is -0.376 e. The number of pyridine rings is 1. The molecule has 31 heavy (non-hydrogen) atoms. The van der Waals surface area contributed by atoms with Gasteiger partial charge in [-0.05, 0) is 80.0 Å². The summed E-state index contributed by atoms with van der Waals surface area (Å²) in [5, 5.41) is 4.08. The summed E-state index contributed by atoms with van der Waals surface area (Å²) in [6, 6.07) is 15.0. The fourth-order valence-corrected chi connectivity index (χ4v) is 4.93. The molecule has 0 radical (unpaired) electrons. The van der Waals surface area contributed by atoms with Gasteiger partial charge in [0, 0.05) is 36.9 Å². The third-order valence-corrected chi connectivity index (χ3v) is 6.42. The van der Waals surface area contributed by atoms with Gasteiger partial charge in [-0.1, -0.05) is 6.07 Å². The first kappa shape index (κ1) is 20.2. The van der Waals surface area contributed by atoms with Gasteiger partial charge in [0.15, 0.2) is 5.11 Å². The van der Waals surface area contributed by atoms with E-state index in [0.29, 0.717) is 10.7 Å². The zero-order valence-corrected chi connectivity index (χ0v) is 18.2. The van der Waals surface area contributed by atoms with Gasteiger partial charge in [0.1, 0.15) is 11.9 Å². The summed E-state index contributed by atoms with van der Waals surface area (Å²) in [4.78, 5) is 6.69. The van der Waals surface area contributed by atoms with Crippen molar-refractivity contribution in [3.8, 4) is 0 Å². The molecule has 1 N–H and O–H groups in total. The Bertz CT molecular complexity index is 1080. The molecule has 2 aliphatic rings. The van der Waals surface area contributed by atoms with Gasteiger partial charge in [0.05, 0.1) is 17.8 Å².